The van der Waals surface area contributed by atoms with E-state index in [1.165, 1.54) is 5.56 Å². The number of hydrogen-bond donors (Lipinski definition) is 0. The summed E-state index contributed by atoms with van der Waals surface area (Å²) in [6, 6.07) is 20.7. The van der Waals surface area contributed by atoms with Crippen molar-refractivity contribution in [2.75, 3.05) is 14.2 Å². The van der Waals surface area contributed by atoms with E-state index in [1.807, 2.05) is 43.3 Å². The first-order valence-electron chi connectivity index (χ1n) is 9.56. The Kier molecular flexibility index (Phi) is 5.44. The van der Waals surface area contributed by atoms with Crippen LogP contribution in [0.3, 0.4) is 0 Å². The van der Waals surface area contributed by atoms with Gasteiger partial charge in [0, 0.05) is 17.0 Å². The second kappa shape index (κ2) is 8.33. The fourth-order valence-electron chi connectivity index (χ4n) is 3.24. The monoisotopic (exact) mass is 402 g/mol. The fraction of sp³-hybridized carbons (Fsp3) is 0.160. The van der Waals surface area contributed by atoms with Crippen LogP contribution in [0.1, 0.15) is 11.1 Å². The molecular formula is C25H22O5. The fourth-order valence-corrected chi connectivity index (χ4v) is 3.24. The van der Waals surface area contributed by atoms with Crippen molar-refractivity contribution >= 4 is 11.0 Å². The van der Waals surface area contributed by atoms with Gasteiger partial charge in [0.05, 0.1) is 19.8 Å². The Morgan fingerprint density at radius 2 is 1.57 bits per heavy atom. The number of aryl methyl sites for hydroxylation is 1. The van der Waals surface area contributed by atoms with E-state index in [2.05, 4.69) is 0 Å². The molecule has 0 aliphatic rings. The van der Waals surface area contributed by atoms with Gasteiger partial charge in [-0.25, -0.2) is 4.79 Å². The van der Waals surface area contributed by atoms with Crippen molar-refractivity contribution in [1.29, 1.82) is 0 Å². The van der Waals surface area contributed by atoms with Gasteiger partial charge in [-0.1, -0.05) is 29.8 Å². The van der Waals surface area contributed by atoms with Gasteiger partial charge in [-0.2, -0.15) is 0 Å². The second-order valence-corrected chi connectivity index (χ2v) is 6.99. The maximum Gasteiger partial charge on any atom is 0.344 e. The molecule has 0 radical (unpaired) electrons. The van der Waals surface area contributed by atoms with Gasteiger partial charge in [0.1, 0.15) is 29.4 Å². The SMILES string of the molecule is COc1ccc(OC)c(-c2cc3ccc(OCc4ccc(C)cc4)cc3oc2=O)c1. The highest BCUT2D eigenvalue weighted by Gasteiger charge is 2.14. The summed E-state index contributed by atoms with van der Waals surface area (Å²) < 4.78 is 22.2. The van der Waals surface area contributed by atoms with Crippen LogP contribution in [-0.4, -0.2) is 14.2 Å². The van der Waals surface area contributed by atoms with Crippen molar-refractivity contribution in [2.24, 2.45) is 0 Å². The summed E-state index contributed by atoms with van der Waals surface area (Å²) in [5.41, 5.74) is 3.31. The molecule has 5 heteroatoms. The molecule has 30 heavy (non-hydrogen) atoms. The van der Waals surface area contributed by atoms with Crippen molar-refractivity contribution in [2.45, 2.75) is 13.5 Å². The quantitative estimate of drug-likeness (QED) is 0.406. The summed E-state index contributed by atoms with van der Waals surface area (Å²) in [6.07, 6.45) is 0. The van der Waals surface area contributed by atoms with Gasteiger partial charge >= 0.3 is 5.63 Å². The Labute approximate surface area is 174 Å². The molecule has 4 rings (SSSR count). The van der Waals surface area contributed by atoms with Crippen LogP contribution >= 0.6 is 0 Å². The van der Waals surface area contributed by atoms with E-state index in [9.17, 15) is 4.79 Å². The maximum atomic E-state index is 12.7. The van der Waals surface area contributed by atoms with Gasteiger partial charge in [0.25, 0.3) is 0 Å². The highest BCUT2D eigenvalue weighted by atomic mass is 16.5. The molecule has 0 N–H and O–H groups in total. The van der Waals surface area contributed by atoms with E-state index in [0.717, 1.165) is 10.9 Å². The molecule has 0 atom stereocenters. The van der Waals surface area contributed by atoms with E-state index in [4.69, 9.17) is 18.6 Å². The van der Waals surface area contributed by atoms with Crippen LogP contribution in [0, 0.1) is 6.92 Å². The van der Waals surface area contributed by atoms with Gasteiger partial charge in [-0.3, -0.25) is 0 Å². The average molecular weight is 402 g/mol. The van der Waals surface area contributed by atoms with Crippen molar-refractivity contribution in [1.82, 2.24) is 0 Å². The minimum Gasteiger partial charge on any atom is -0.497 e. The van der Waals surface area contributed by atoms with Crippen LogP contribution < -0.4 is 19.8 Å². The highest BCUT2D eigenvalue weighted by Crippen LogP contribution is 2.33. The molecule has 4 aromatic rings. The zero-order valence-corrected chi connectivity index (χ0v) is 17.1. The Morgan fingerprint density at radius 3 is 2.30 bits per heavy atom. The number of ether oxygens (including phenoxy) is 3. The van der Waals surface area contributed by atoms with Crippen molar-refractivity contribution in [3.05, 3.63) is 88.3 Å². The normalized spacial score (nSPS) is 10.8. The van der Waals surface area contributed by atoms with Crippen molar-refractivity contribution in [3.8, 4) is 28.4 Å². The minimum absolute atomic E-state index is 0.409. The maximum absolute atomic E-state index is 12.7. The van der Waals surface area contributed by atoms with Gasteiger partial charge < -0.3 is 18.6 Å². The molecule has 0 saturated heterocycles. The molecule has 0 aliphatic heterocycles. The van der Waals surface area contributed by atoms with Gasteiger partial charge in [-0.15, -0.1) is 0 Å². The number of methoxy groups -OCH3 is 2. The molecule has 0 saturated carbocycles. The number of rotatable bonds is 6. The second-order valence-electron chi connectivity index (χ2n) is 6.99. The van der Waals surface area contributed by atoms with Crippen LogP contribution in [0.25, 0.3) is 22.1 Å². The molecule has 5 nitrogen and oxygen atoms in total. The summed E-state index contributed by atoms with van der Waals surface area (Å²) >= 11 is 0. The highest BCUT2D eigenvalue weighted by molar-refractivity contribution is 5.84. The lowest BCUT2D eigenvalue weighted by molar-refractivity contribution is 0.306. The van der Waals surface area contributed by atoms with Gasteiger partial charge in [0.2, 0.25) is 0 Å². The molecular weight excluding hydrogens is 380 g/mol. The molecule has 0 unspecified atom stereocenters. The molecule has 152 valence electrons. The van der Waals surface area contributed by atoms with Crippen LogP contribution in [0.4, 0.5) is 0 Å². The van der Waals surface area contributed by atoms with E-state index >= 15 is 0 Å². The van der Waals surface area contributed by atoms with E-state index in [1.54, 1.807) is 44.6 Å². The summed E-state index contributed by atoms with van der Waals surface area (Å²) in [7, 11) is 3.14. The third-order valence-corrected chi connectivity index (χ3v) is 4.93. The molecule has 0 bridgehead atoms. The molecule has 0 amide bonds. The molecule has 1 aromatic heterocycles. The molecule has 3 aromatic carbocycles. The largest absolute Gasteiger partial charge is 0.497 e. The van der Waals surface area contributed by atoms with E-state index in [0.29, 0.717) is 40.6 Å². The minimum atomic E-state index is -0.454. The van der Waals surface area contributed by atoms with Crippen LogP contribution in [0.15, 0.2) is 75.9 Å². The van der Waals surface area contributed by atoms with Gasteiger partial charge in [-0.05, 0) is 48.9 Å². The average Bonchev–Trinajstić information content (AvgIpc) is 2.77. The molecule has 0 fully saturated rings. The van der Waals surface area contributed by atoms with Crippen LogP contribution in [0.5, 0.6) is 17.2 Å². The Morgan fingerprint density at radius 1 is 0.800 bits per heavy atom. The van der Waals surface area contributed by atoms with Crippen molar-refractivity contribution in [3.63, 3.8) is 0 Å². The first-order chi connectivity index (χ1) is 14.6. The molecule has 1 heterocycles. The third-order valence-electron chi connectivity index (χ3n) is 4.93. The summed E-state index contributed by atoms with van der Waals surface area (Å²) in [5, 5.41) is 0.789. The zero-order valence-electron chi connectivity index (χ0n) is 17.1. The smallest absolute Gasteiger partial charge is 0.344 e. The van der Waals surface area contributed by atoms with Crippen molar-refractivity contribution < 1.29 is 18.6 Å². The Bertz CT molecular complexity index is 1240. The number of fused-ring (bicyclic) bond motifs is 1. The molecule has 0 aliphatic carbocycles. The van der Waals surface area contributed by atoms with Crippen LogP contribution in [-0.2, 0) is 6.61 Å². The summed E-state index contributed by atoms with van der Waals surface area (Å²) in [4.78, 5) is 12.7. The lowest BCUT2D eigenvalue weighted by Gasteiger charge is -2.11. The lowest BCUT2D eigenvalue weighted by Crippen LogP contribution is -2.04. The first kappa shape index (κ1) is 19.6. The van der Waals surface area contributed by atoms with E-state index < -0.39 is 5.63 Å². The lowest BCUT2D eigenvalue weighted by atomic mass is 10.0. The number of benzene rings is 3. The van der Waals surface area contributed by atoms with E-state index in [-0.39, 0.29) is 0 Å². The standard InChI is InChI=1S/C25H22O5/c1-16-4-6-17(7-5-16)15-29-20-9-8-18-12-22(25(26)30-24(18)14-20)21-13-19(27-2)10-11-23(21)28-3/h4-14H,15H2,1-3H3. The first-order valence-corrected chi connectivity index (χ1v) is 9.56. The topological polar surface area (TPSA) is 57.9 Å². The third kappa shape index (κ3) is 4.01. The molecule has 0 spiro atoms. The predicted molar refractivity (Wildman–Crippen MR) is 117 cm³/mol. The Hall–Kier alpha value is -3.73. The van der Waals surface area contributed by atoms with Gasteiger partial charge in [0.15, 0.2) is 0 Å². The summed E-state index contributed by atoms with van der Waals surface area (Å²) in [6.45, 7) is 2.49. The van der Waals surface area contributed by atoms with Crippen LogP contribution in [0.2, 0.25) is 0 Å². The zero-order chi connectivity index (χ0) is 21.1. The number of hydrogen-bond acceptors (Lipinski definition) is 5. The predicted octanol–water partition coefficient (Wildman–Crippen LogP) is 5.36. The Balaban J connectivity index is 1.66. The summed E-state index contributed by atoms with van der Waals surface area (Å²) in [5.74, 6) is 1.84.